The number of para-hydroxylation sites is 1. The highest BCUT2D eigenvalue weighted by molar-refractivity contribution is 5.97. The maximum absolute atomic E-state index is 12.6. The molecule has 1 aromatic heterocycles. The molecule has 5 heteroatoms. The van der Waals surface area contributed by atoms with Gasteiger partial charge in [-0.15, -0.1) is 0 Å². The third-order valence-corrected chi connectivity index (χ3v) is 3.57. The van der Waals surface area contributed by atoms with Crippen LogP contribution in [0.25, 0.3) is 5.69 Å². The van der Waals surface area contributed by atoms with Gasteiger partial charge in [0.15, 0.2) is 0 Å². The maximum atomic E-state index is 12.6. The molecule has 0 bridgehead atoms. The molecule has 1 aromatic carbocycles. The number of hydrogen-bond donors (Lipinski definition) is 1. The third-order valence-electron chi connectivity index (χ3n) is 3.57. The van der Waals surface area contributed by atoms with Crippen molar-refractivity contribution in [3.8, 4) is 5.69 Å². The Morgan fingerprint density at radius 1 is 1.30 bits per heavy atom. The quantitative estimate of drug-likeness (QED) is 0.900. The van der Waals surface area contributed by atoms with Gasteiger partial charge in [0, 0.05) is 25.5 Å². The van der Waals surface area contributed by atoms with E-state index in [9.17, 15) is 9.90 Å². The Kier molecular flexibility index (Phi) is 3.52. The average Bonchev–Trinajstić information content (AvgIpc) is 3.00. The SMILES string of the molecule is O=C(c1ccccc1-n1cccn1)N1CCCC(O)C1. The van der Waals surface area contributed by atoms with Crippen LogP contribution in [-0.4, -0.2) is 44.9 Å². The van der Waals surface area contributed by atoms with Crippen LogP contribution < -0.4 is 0 Å². The van der Waals surface area contributed by atoms with E-state index >= 15 is 0 Å². The molecule has 1 aliphatic rings. The lowest BCUT2D eigenvalue weighted by molar-refractivity contribution is 0.0473. The zero-order valence-electron chi connectivity index (χ0n) is 11.1. The van der Waals surface area contributed by atoms with Gasteiger partial charge in [-0.25, -0.2) is 4.68 Å². The van der Waals surface area contributed by atoms with E-state index in [4.69, 9.17) is 0 Å². The van der Waals surface area contributed by atoms with E-state index in [1.54, 1.807) is 21.8 Å². The molecule has 2 heterocycles. The van der Waals surface area contributed by atoms with Crippen LogP contribution in [0.15, 0.2) is 42.7 Å². The van der Waals surface area contributed by atoms with E-state index in [0.29, 0.717) is 18.7 Å². The van der Waals surface area contributed by atoms with Gasteiger partial charge in [-0.1, -0.05) is 12.1 Å². The summed E-state index contributed by atoms with van der Waals surface area (Å²) in [6.45, 7) is 1.11. The number of piperidine rings is 1. The number of aliphatic hydroxyl groups is 1. The molecular formula is C15H17N3O2. The predicted octanol–water partition coefficient (Wildman–Crippen LogP) is 1.47. The number of carbonyl (C=O) groups is 1. The lowest BCUT2D eigenvalue weighted by Gasteiger charge is -2.30. The van der Waals surface area contributed by atoms with Gasteiger partial charge in [-0.2, -0.15) is 5.10 Å². The topological polar surface area (TPSA) is 58.4 Å². The van der Waals surface area contributed by atoms with Crippen molar-refractivity contribution in [1.82, 2.24) is 14.7 Å². The van der Waals surface area contributed by atoms with Crippen LogP contribution in [-0.2, 0) is 0 Å². The number of nitrogens with zero attached hydrogens (tertiary/aromatic N) is 3. The van der Waals surface area contributed by atoms with Gasteiger partial charge in [0.2, 0.25) is 0 Å². The van der Waals surface area contributed by atoms with Crippen molar-refractivity contribution in [2.45, 2.75) is 18.9 Å². The number of aromatic nitrogens is 2. The van der Waals surface area contributed by atoms with E-state index in [-0.39, 0.29) is 5.91 Å². The van der Waals surface area contributed by atoms with Crippen molar-refractivity contribution in [2.75, 3.05) is 13.1 Å². The zero-order chi connectivity index (χ0) is 13.9. The Labute approximate surface area is 117 Å². The fourth-order valence-electron chi connectivity index (χ4n) is 2.58. The molecule has 1 aliphatic heterocycles. The summed E-state index contributed by atoms with van der Waals surface area (Å²) in [6.07, 6.45) is 4.70. The molecule has 1 amide bonds. The summed E-state index contributed by atoms with van der Waals surface area (Å²) in [7, 11) is 0. The molecule has 3 rings (SSSR count). The maximum Gasteiger partial charge on any atom is 0.256 e. The minimum absolute atomic E-state index is 0.0464. The molecule has 1 atom stereocenters. The highest BCUT2D eigenvalue weighted by Crippen LogP contribution is 2.18. The molecular weight excluding hydrogens is 254 g/mol. The summed E-state index contributed by atoms with van der Waals surface area (Å²) in [4.78, 5) is 14.4. The molecule has 1 unspecified atom stereocenters. The van der Waals surface area contributed by atoms with E-state index in [0.717, 1.165) is 18.5 Å². The second-order valence-corrected chi connectivity index (χ2v) is 5.02. The van der Waals surface area contributed by atoms with Crippen LogP contribution in [0.1, 0.15) is 23.2 Å². The van der Waals surface area contributed by atoms with Crippen LogP contribution in [0, 0.1) is 0 Å². The van der Waals surface area contributed by atoms with E-state index in [1.807, 2.05) is 30.5 Å². The number of likely N-dealkylation sites (tertiary alicyclic amines) is 1. The smallest absolute Gasteiger partial charge is 0.256 e. The molecule has 104 valence electrons. The summed E-state index contributed by atoms with van der Waals surface area (Å²) >= 11 is 0. The molecule has 0 saturated carbocycles. The number of rotatable bonds is 2. The fourth-order valence-corrected chi connectivity index (χ4v) is 2.58. The normalized spacial score (nSPS) is 19.1. The number of aliphatic hydroxyl groups excluding tert-OH is 1. The average molecular weight is 271 g/mol. The van der Waals surface area contributed by atoms with E-state index < -0.39 is 6.10 Å². The molecule has 2 aromatic rings. The second kappa shape index (κ2) is 5.46. The molecule has 5 nitrogen and oxygen atoms in total. The molecule has 0 aliphatic carbocycles. The Hall–Kier alpha value is -2.14. The van der Waals surface area contributed by atoms with Gasteiger partial charge < -0.3 is 10.0 Å². The Morgan fingerprint density at radius 2 is 2.15 bits per heavy atom. The minimum Gasteiger partial charge on any atom is -0.391 e. The van der Waals surface area contributed by atoms with Crippen molar-refractivity contribution in [3.63, 3.8) is 0 Å². The Balaban J connectivity index is 1.92. The van der Waals surface area contributed by atoms with Crippen molar-refractivity contribution in [1.29, 1.82) is 0 Å². The minimum atomic E-state index is -0.412. The molecule has 0 radical (unpaired) electrons. The summed E-state index contributed by atoms with van der Waals surface area (Å²) < 4.78 is 1.69. The highest BCUT2D eigenvalue weighted by atomic mass is 16.3. The first kappa shape index (κ1) is 12.9. The number of β-amino-alcohol motifs (C(OH)–C–C–N with tert-alkyl or cyclic N) is 1. The number of amides is 1. The molecule has 1 N–H and O–H groups in total. The van der Waals surface area contributed by atoms with Gasteiger partial charge >= 0.3 is 0 Å². The van der Waals surface area contributed by atoms with E-state index in [2.05, 4.69) is 5.10 Å². The lowest BCUT2D eigenvalue weighted by Crippen LogP contribution is -2.42. The lowest BCUT2D eigenvalue weighted by atomic mass is 10.1. The van der Waals surface area contributed by atoms with Gasteiger partial charge in [-0.05, 0) is 31.0 Å². The van der Waals surface area contributed by atoms with Gasteiger partial charge in [-0.3, -0.25) is 4.79 Å². The van der Waals surface area contributed by atoms with Crippen molar-refractivity contribution < 1.29 is 9.90 Å². The van der Waals surface area contributed by atoms with Crippen LogP contribution >= 0.6 is 0 Å². The first-order valence-corrected chi connectivity index (χ1v) is 6.82. The van der Waals surface area contributed by atoms with Crippen molar-refractivity contribution in [2.24, 2.45) is 0 Å². The van der Waals surface area contributed by atoms with Crippen LogP contribution in [0.4, 0.5) is 0 Å². The molecule has 20 heavy (non-hydrogen) atoms. The highest BCUT2D eigenvalue weighted by Gasteiger charge is 2.24. The summed E-state index contributed by atoms with van der Waals surface area (Å²) in [5, 5.41) is 13.9. The summed E-state index contributed by atoms with van der Waals surface area (Å²) in [5.74, 6) is -0.0464. The first-order valence-electron chi connectivity index (χ1n) is 6.82. The van der Waals surface area contributed by atoms with Crippen LogP contribution in [0.2, 0.25) is 0 Å². The van der Waals surface area contributed by atoms with Crippen LogP contribution in [0.5, 0.6) is 0 Å². The van der Waals surface area contributed by atoms with Crippen molar-refractivity contribution >= 4 is 5.91 Å². The molecule has 0 spiro atoms. The number of benzene rings is 1. The van der Waals surface area contributed by atoms with Gasteiger partial charge in [0.1, 0.15) is 0 Å². The second-order valence-electron chi connectivity index (χ2n) is 5.02. The molecule has 1 saturated heterocycles. The van der Waals surface area contributed by atoms with Gasteiger partial charge in [0.25, 0.3) is 5.91 Å². The summed E-state index contributed by atoms with van der Waals surface area (Å²) in [6, 6.07) is 9.24. The monoisotopic (exact) mass is 271 g/mol. The predicted molar refractivity (Wildman–Crippen MR) is 74.7 cm³/mol. The fraction of sp³-hybridized carbons (Fsp3) is 0.333. The summed E-state index contributed by atoms with van der Waals surface area (Å²) in [5.41, 5.74) is 1.38. The first-order chi connectivity index (χ1) is 9.75. The van der Waals surface area contributed by atoms with E-state index in [1.165, 1.54) is 0 Å². The van der Waals surface area contributed by atoms with Crippen molar-refractivity contribution in [3.05, 3.63) is 48.3 Å². The zero-order valence-corrected chi connectivity index (χ0v) is 11.1. The van der Waals surface area contributed by atoms with Crippen LogP contribution in [0.3, 0.4) is 0 Å². The largest absolute Gasteiger partial charge is 0.391 e. The standard InChI is InChI=1S/C15H17N3O2/c19-12-5-3-9-17(11-12)15(20)13-6-1-2-7-14(13)18-10-4-8-16-18/h1-2,4,6-8,10,12,19H,3,5,9,11H2. The Morgan fingerprint density at radius 3 is 2.90 bits per heavy atom. The van der Waals surface area contributed by atoms with Gasteiger partial charge in [0.05, 0.1) is 17.4 Å². The number of hydrogen-bond acceptors (Lipinski definition) is 3. The molecule has 1 fully saturated rings. The Bertz CT molecular complexity index is 595. The number of carbonyl (C=O) groups excluding carboxylic acids is 1. The third kappa shape index (κ3) is 2.44.